The van der Waals surface area contributed by atoms with Crippen LogP contribution >= 0.6 is 0 Å². The minimum atomic E-state index is -0.457. The lowest BCUT2D eigenvalue weighted by Crippen LogP contribution is -2.39. The van der Waals surface area contributed by atoms with Crippen LogP contribution in [0.15, 0.2) is 59.1 Å². The van der Waals surface area contributed by atoms with E-state index in [1.807, 2.05) is 48.5 Å². The molecule has 3 aromatic rings. The Kier molecular flexibility index (Phi) is 7.82. The first-order valence-corrected chi connectivity index (χ1v) is 12.7. The molecule has 2 aliphatic rings. The highest BCUT2D eigenvalue weighted by molar-refractivity contribution is 6.03. The quantitative estimate of drug-likeness (QED) is 0.462. The Morgan fingerprint density at radius 2 is 1.92 bits per heavy atom. The van der Waals surface area contributed by atoms with Crippen LogP contribution in [0.1, 0.15) is 23.2 Å². The van der Waals surface area contributed by atoms with Gasteiger partial charge in [-0.25, -0.2) is 0 Å². The lowest BCUT2D eigenvalue weighted by atomic mass is 10.1. The molecule has 0 aliphatic carbocycles. The van der Waals surface area contributed by atoms with Crippen LogP contribution < -0.4 is 20.3 Å². The number of nitrogens with one attached hydrogen (secondary N) is 2. The number of rotatable bonds is 9. The minimum Gasteiger partial charge on any atom is -0.497 e. The van der Waals surface area contributed by atoms with Crippen LogP contribution in [-0.2, 0) is 33.6 Å². The largest absolute Gasteiger partial charge is 0.497 e. The van der Waals surface area contributed by atoms with E-state index in [2.05, 4.69) is 15.8 Å². The summed E-state index contributed by atoms with van der Waals surface area (Å²) in [7, 11) is 1.64. The second-order valence-electron chi connectivity index (χ2n) is 9.49. The van der Waals surface area contributed by atoms with Gasteiger partial charge in [-0.05, 0) is 54.7 Å². The number of morpholine rings is 1. The van der Waals surface area contributed by atoms with E-state index in [0.717, 1.165) is 60.8 Å². The molecule has 2 amide bonds. The zero-order valence-electron chi connectivity index (χ0n) is 20.9. The first-order valence-electron chi connectivity index (χ1n) is 12.7. The monoisotopic (exact) mass is 504 g/mol. The summed E-state index contributed by atoms with van der Waals surface area (Å²) in [5.74, 6) is 0.350. The molecule has 0 spiro atoms. The van der Waals surface area contributed by atoms with Gasteiger partial charge in [0, 0.05) is 37.8 Å². The first-order chi connectivity index (χ1) is 18.1. The molecule has 37 heavy (non-hydrogen) atoms. The van der Waals surface area contributed by atoms with Gasteiger partial charge in [0.1, 0.15) is 5.75 Å². The van der Waals surface area contributed by atoms with Gasteiger partial charge < -0.3 is 24.2 Å². The molecular formula is C28H32N4O5. The molecule has 194 valence electrons. The van der Waals surface area contributed by atoms with Crippen LogP contribution in [0.3, 0.4) is 0 Å². The topological polar surface area (TPSA) is 106 Å². The summed E-state index contributed by atoms with van der Waals surface area (Å²) >= 11 is 0. The van der Waals surface area contributed by atoms with Crippen LogP contribution in [0, 0.1) is 5.92 Å². The van der Waals surface area contributed by atoms with E-state index in [4.69, 9.17) is 14.0 Å². The number of carbonyl (C=O) groups is 2. The number of anilines is 2. The summed E-state index contributed by atoms with van der Waals surface area (Å²) in [6.07, 6.45) is 2.62. The highest BCUT2D eigenvalue weighted by Gasteiger charge is 2.35. The number of aryl methyl sites for hydroxylation is 2. The summed E-state index contributed by atoms with van der Waals surface area (Å²) < 4.78 is 16.3. The van der Waals surface area contributed by atoms with Crippen molar-refractivity contribution in [1.82, 2.24) is 10.5 Å². The van der Waals surface area contributed by atoms with Crippen LogP contribution in [0.25, 0.3) is 0 Å². The van der Waals surface area contributed by atoms with Crippen LogP contribution in [0.5, 0.6) is 5.75 Å². The zero-order valence-corrected chi connectivity index (χ0v) is 20.9. The van der Waals surface area contributed by atoms with E-state index in [0.29, 0.717) is 18.8 Å². The highest BCUT2D eigenvalue weighted by Crippen LogP contribution is 2.27. The number of aromatic nitrogens is 1. The predicted molar refractivity (Wildman–Crippen MR) is 139 cm³/mol. The van der Waals surface area contributed by atoms with Gasteiger partial charge in [0.2, 0.25) is 17.7 Å². The van der Waals surface area contributed by atoms with Crippen molar-refractivity contribution >= 4 is 23.4 Å². The van der Waals surface area contributed by atoms with Gasteiger partial charge in [0.25, 0.3) is 0 Å². The van der Waals surface area contributed by atoms with Crippen molar-refractivity contribution in [2.45, 2.75) is 31.8 Å². The van der Waals surface area contributed by atoms with E-state index >= 15 is 0 Å². The number of carbonyl (C=O) groups excluding carboxylic acids is 2. The fourth-order valence-electron chi connectivity index (χ4n) is 4.74. The van der Waals surface area contributed by atoms with E-state index in [1.165, 1.54) is 0 Å². The van der Waals surface area contributed by atoms with Crippen molar-refractivity contribution < 1.29 is 23.6 Å². The molecule has 0 radical (unpaired) electrons. The van der Waals surface area contributed by atoms with E-state index in [9.17, 15) is 9.59 Å². The summed E-state index contributed by atoms with van der Waals surface area (Å²) in [4.78, 5) is 27.2. The molecule has 2 aliphatic heterocycles. The van der Waals surface area contributed by atoms with Gasteiger partial charge in [0.05, 0.1) is 31.4 Å². The molecule has 0 bridgehead atoms. The maximum atomic E-state index is 12.9. The molecule has 9 nitrogen and oxygen atoms in total. The number of amides is 2. The van der Waals surface area contributed by atoms with Crippen LogP contribution in [0.2, 0.25) is 0 Å². The van der Waals surface area contributed by atoms with Crippen molar-refractivity contribution in [3.63, 3.8) is 0 Å². The Hall–Kier alpha value is -3.69. The summed E-state index contributed by atoms with van der Waals surface area (Å²) in [5.41, 5.74) is 3.87. The SMILES string of the molecule is COc1ccc(CCc2cc(NC(=O)C3CC(=O)N(c4ccc(CC5CNCCO5)cc4)C3)on2)cc1. The van der Waals surface area contributed by atoms with E-state index < -0.39 is 5.92 Å². The van der Waals surface area contributed by atoms with Crippen molar-refractivity contribution in [3.05, 3.63) is 71.4 Å². The number of nitrogens with zero attached hydrogens (tertiary/aromatic N) is 2. The Balaban J connectivity index is 1.12. The molecule has 2 fully saturated rings. The maximum Gasteiger partial charge on any atom is 0.232 e. The molecule has 1 aromatic heterocycles. The molecule has 0 saturated carbocycles. The lowest BCUT2D eigenvalue weighted by Gasteiger charge is -2.24. The van der Waals surface area contributed by atoms with Gasteiger partial charge in [-0.1, -0.05) is 29.4 Å². The summed E-state index contributed by atoms with van der Waals surface area (Å²) in [5, 5.41) is 10.2. The number of benzene rings is 2. The third kappa shape index (κ3) is 6.36. The normalized spacial score (nSPS) is 19.7. The number of methoxy groups -OCH3 is 1. The molecule has 3 heterocycles. The Labute approximate surface area is 216 Å². The standard InChI is InChI=1S/C28H32N4O5/c1-35-24-10-5-19(6-11-24)2-7-22-16-26(37-31-22)30-28(34)21-15-27(33)32(18-21)23-8-3-20(4-9-23)14-25-17-29-12-13-36-25/h3-6,8-11,16,21,25,29H,2,7,12-15,17-18H2,1H3,(H,30,34). The predicted octanol–water partition coefficient (Wildman–Crippen LogP) is 2.99. The number of hydrogen-bond donors (Lipinski definition) is 2. The van der Waals surface area contributed by atoms with Gasteiger partial charge >= 0.3 is 0 Å². The molecule has 2 N–H and O–H groups in total. The minimum absolute atomic E-state index is 0.0644. The smallest absolute Gasteiger partial charge is 0.232 e. The average Bonchev–Trinajstić information content (AvgIpc) is 3.55. The average molecular weight is 505 g/mol. The van der Waals surface area contributed by atoms with E-state index in [-0.39, 0.29) is 24.3 Å². The molecular weight excluding hydrogens is 472 g/mol. The summed E-state index contributed by atoms with van der Waals surface area (Å²) in [6.45, 7) is 2.80. The third-order valence-corrected chi connectivity index (χ3v) is 6.85. The Morgan fingerprint density at radius 1 is 1.14 bits per heavy atom. The molecule has 2 saturated heterocycles. The number of hydrogen-bond acceptors (Lipinski definition) is 7. The summed E-state index contributed by atoms with van der Waals surface area (Å²) in [6, 6.07) is 17.5. The number of ether oxygens (including phenoxy) is 2. The maximum absolute atomic E-state index is 12.9. The van der Waals surface area contributed by atoms with Crippen molar-refractivity contribution in [2.75, 3.05) is 43.6 Å². The van der Waals surface area contributed by atoms with Gasteiger partial charge in [0.15, 0.2) is 0 Å². The Morgan fingerprint density at radius 3 is 2.65 bits per heavy atom. The first kappa shape index (κ1) is 25.0. The van der Waals surface area contributed by atoms with Crippen molar-refractivity contribution in [2.24, 2.45) is 5.92 Å². The van der Waals surface area contributed by atoms with E-state index in [1.54, 1.807) is 18.1 Å². The van der Waals surface area contributed by atoms with Crippen molar-refractivity contribution in [3.8, 4) is 5.75 Å². The second-order valence-corrected chi connectivity index (χ2v) is 9.49. The molecule has 5 rings (SSSR count). The highest BCUT2D eigenvalue weighted by atomic mass is 16.5. The molecule has 2 atom stereocenters. The van der Waals surface area contributed by atoms with Crippen molar-refractivity contribution in [1.29, 1.82) is 0 Å². The lowest BCUT2D eigenvalue weighted by molar-refractivity contribution is -0.122. The van der Waals surface area contributed by atoms with Gasteiger partial charge in [-0.3, -0.25) is 14.9 Å². The van der Waals surface area contributed by atoms with Gasteiger partial charge in [-0.2, -0.15) is 0 Å². The van der Waals surface area contributed by atoms with Crippen LogP contribution in [0.4, 0.5) is 11.6 Å². The van der Waals surface area contributed by atoms with Gasteiger partial charge in [-0.15, -0.1) is 0 Å². The molecule has 2 unspecified atom stereocenters. The fourth-order valence-corrected chi connectivity index (χ4v) is 4.74. The zero-order chi connectivity index (χ0) is 25.6. The second kappa shape index (κ2) is 11.6. The van der Waals surface area contributed by atoms with Crippen LogP contribution in [-0.4, -0.2) is 56.4 Å². The Bertz CT molecular complexity index is 1200. The third-order valence-electron chi connectivity index (χ3n) is 6.85. The fraction of sp³-hybridized carbons (Fsp3) is 0.393. The molecule has 9 heteroatoms. The molecule has 2 aromatic carbocycles.